The van der Waals surface area contributed by atoms with Crippen molar-refractivity contribution >= 4 is 11.5 Å². The average molecular weight is 243 g/mol. The number of allylic oxidation sites excluding steroid dienone is 1. The van der Waals surface area contributed by atoms with Crippen molar-refractivity contribution in [3.05, 3.63) is 69.9 Å². The Morgan fingerprint density at radius 1 is 1.28 bits per heavy atom. The molecule has 0 atom stereocenters. The van der Waals surface area contributed by atoms with Crippen molar-refractivity contribution in [3.63, 3.8) is 0 Å². The smallest absolute Gasteiger partial charge is 0.330 e. The highest BCUT2D eigenvalue weighted by molar-refractivity contribution is 5.54. The topological polar surface area (TPSA) is 66.9 Å². The molecule has 2 aromatic rings. The fraction of sp³-hybridized carbons (Fsp3) is 0.0769. The molecule has 0 radical (unpaired) electrons. The molecule has 92 valence electrons. The van der Waals surface area contributed by atoms with E-state index >= 15 is 0 Å². The number of hydrogen-bond donors (Lipinski definition) is 2. The third-order valence-electron chi connectivity index (χ3n) is 2.39. The molecule has 0 spiro atoms. The molecule has 1 aromatic heterocycles. The maximum absolute atomic E-state index is 11.7. The third kappa shape index (κ3) is 2.57. The summed E-state index contributed by atoms with van der Waals surface area (Å²) >= 11 is 0. The van der Waals surface area contributed by atoms with Gasteiger partial charge >= 0.3 is 5.69 Å². The van der Waals surface area contributed by atoms with E-state index in [1.54, 1.807) is 0 Å². The fourth-order valence-corrected chi connectivity index (χ4v) is 1.57. The molecule has 1 aromatic carbocycles. The second kappa shape index (κ2) is 5.18. The molecular formula is C13H13N3O2. The average Bonchev–Trinajstić information content (AvgIpc) is 2.35. The molecule has 0 aliphatic carbocycles. The van der Waals surface area contributed by atoms with Crippen molar-refractivity contribution in [1.29, 1.82) is 0 Å². The first kappa shape index (κ1) is 11.9. The summed E-state index contributed by atoms with van der Waals surface area (Å²) in [6, 6.07) is 10.6. The molecule has 0 aliphatic rings. The van der Waals surface area contributed by atoms with Crippen molar-refractivity contribution < 1.29 is 0 Å². The van der Waals surface area contributed by atoms with Crippen molar-refractivity contribution in [2.24, 2.45) is 0 Å². The van der Waals surface area contributed by atoms with E-state index in [9.17, 15) is 9.59 Å². The SMILES string of the molecule is C=CCn1c(=O)cc(Nc2ccccc2)[nH]c1=O. The van der Waals surface area contributed by atoms with Gasteiger partial charge in [0.05, 0.1) is 0 Å². The third-order valence-corrected chi connectivity index (χ3v) is 2.39. The first-order valence-corrected chi connectivity index (χ1v) is 5.48. The minimum absolute atomic E-state index is 0.194. The first-order valence-electron chi connectivity index (χ1n) is 5.48. The molecule has 1 heterocycles. The number of nitrogens with one attached hydrogen (secondary N) is 2. The number of aromatic amines is 1. The maximum Gasteiger partial charge on any atom is 0.330 e. The Hall–Kier alpha value is -2.56. The van der Waals surface area contributed by atoms with E-state index in [0.717, 1.165) is 10.3 Å². The number of rotatable bonds is 4. The Bertz CT molecular complexity index is 625. The van der Waals surface area contributed by atoms with E-state index in [2.05, 4.69) is 16.9 Å². The number of H-pyrrole nitrogens is 1. The zero-order valence-electron chi connectivity index (χ0n) is 9.72. The van der Waals surface area contributed by atoms with Crippen LogP contribution in [0.2, 0.25) is 0 Å². The molecule has 0 saturated heterocycles. The molecule has 2 N–H and O–H groups in total. The standard InChI is InChI=1S/C13H13N3O2/c1-2-8-16-12(17)9-11(15-13(16)18)14-10-6-4-3-5-7-10/h2-7,9,14H,1,8H2,(H,15,18). The normalized spacial score (nSPS) is 10.0. The van der Waals surface area contributed by atoms with Gasteiger partial charge in [0.2, 0.25) is 0 Å². The van der Waals surface area contributed by atoms with Crippen molar-refractivity contribution in [2.45, 2.75) is 6.54 Å². The van der Waals surface area contributed by atoms with Crippen LogP contribution in [-0.4, -0.2) is 9.55 Å². The van der Waals surface area contributed by atoms with Crippen LogP contribution in [0.15, 0.2) is 58.6 Å². The Morgan fingerprint density at radius 3 is 2.61 bits per heavy atom. The largest absolute Gasteiger partial charge is 0.342 e. The molecule has 0 amide bonds. The lowest BCUT2D eigenvalue weighted by molar-refractivity contribution is 0.717. The van der Waals surface area contributed by atoms with Gasteiger partial charge in [-0.05, 0) is 12.1 Å². The monoisotopic (exact) mass is 243 g/mol. The molecule has 0 saturated carbocycles. The van der Waals surface area contributed by atoms with Gasteiger partial charge in [0, 0.05) is 18.3 Å². The van der Waals surface area contributed by atoms with E-state index in [-0.39, 0.29) is 12.1 Å². The number of anilines is 2. The highest BCUT2D eigenvalue weighted by Crippen LogP contribution is 2.10. The first-order chi connectivity index (χ1) is 8.70. The molecule has 2 rings (SSSR count). The van der Waals surface area contributed by atoms with Crippen LogP contribution in [0.1, 0.15) is 0 Å². The van der Waals surface area contributed by atoms with Crippen LogP contribution in [-0.2, 0) is 6.54 Å². The Morgan fingerprint density at radius 2 is 2.00 bits per heavy atom. The fourth-order valence-electron chi connectivity index (χ4n) is 1.57. The van der Waals surface area contributed by atoms with Crippen LogP contribution in [0.4, 0.5) is 11.5 Å². The van der Waals surface area contributed by atoms with Gasteiger partial charge in [0.25, 0.3) is 5.56 Å². The summed E-state index contributed by atoms with van der Waals surface area (Å²) in [4.78, 5) is 26.0. The summed E-state index contributed by atoms with van der Waals surface area (Å²) in [5.41, 5.74) is -0.0214. The van der Waals surface area contributed by atoms with Gasteiger partial charge in [-0.2, -0.15) is 0 Å². The van der Waals surface area contributed by atoms with E-state index in [1.807, 2.05) is 30.3 Å². The summed E-state index contributed by atoms with van der Waals surface area (Å²) in [6.45, 7) is 3.69. The lowest BCUT2D eigenvalue weighted by Gasteiger charge is -2.07. The summed E-state index contributed by atoms with van der Waals surface area (Å²) < 4.78 is 1.07. The lowest BCUT2D eigenvalue weighted by Crippen LogP contribution is -2.34. The van der Waals surface area contributed by atoms with Gasteiger partial charge in [-0.25, -0.2) is 4.79 Å². The number of benzene rings is 1. The molecular weight excluding hydrogens is 230 g/mol. The zero-order valence-corrected chi connectivity index (χ0v) is 9.72. The summed E-state index contributed by atoms with van der Waals surface area (Å²) in [6.07, 6.45) is 1.50. The zero-order chi connectivity index (χ0) is 13.0. The van der Waals surface area contributed by atoms with Crippen molar-refractivity contribution in [2.75, 3.05) is 5.32 Å². The van der Waals surface area contributed by atoms with Crippen LogP contribution in [0, 0.1) is 0 Å². The number of para-hydroxylation sites is 1. The van der Waals surface area contributed by atoms with E-state index < -0.39 is 5.69 Å². The summed E-state index contributed by atoms with van der Waals surface area (Å²) in [7, 11) is 0. The molecule has 0 bridgehead atoms. The van der Waals surface area contributed by atoms with Crippen LogP contribution >= 0.6 is 0 Å². The molecule has 18 heavy (non-hydrogen) atoms. The second-order valence-electron chi connectivity index (χ2n) is 3.72. The lowest BCUT2D eigenvalue weighted by atomic mass is 10.3. The van der Waals surface area contributed by atoms with Gasteiger partial charge in [0.15, 0.2) is 0 Å². The van der Waals surface area contributed by atoms with Crippen LogP contribution in [0.25, 0.3) is 0 Å². The predicted octanol–water partition coefficient (Wildman–Crippen LogP) is 1.47. The van der Waals surface area contributed by atoms with Gasteiger partial charge in [0.1, 0.15) is 5.82 Å². The van der Waals surface area contributed by atoms with Crippen LogP contribution in [0.3, 0.4) is 0 Å². The minimum Gasteiger partial charge on any atom is -0.342 e. The highest BCUT2D eigenvalue weighted by atomic mass is 16.2. The molecule has 0 aliphatic heterocycles. The van der Waals surface area contributed by atoms with E-state index in [4.69, 9.17) is 0 Å². The Kier molecular flexibility index (Phi) is 3.43. The maximum atomic E-state index is 11.7. The summed E-state index contributed by atoms with van der Waals surface area (Å²) in [5, 5.41) is 2.96. The molecule has 5 nitrogen and oxygen atoms in total. The van der Waals surface area contributed by atoms with Gasteiger partial charge in [-0.3, -0.25) is 14.3 Å². The van der Waals surface area contributed by atoms with E-state index in [0.29, 0.717) is 5.82 Å². The number of nitrogens with zero attached hydrogens (tertiary/aromatic N) is 1. The molecule has 5 heteroatoms. The van der Waals surface area contributed by atoms with Crippen molar-refractivity contribution in [1.82, 2.24) is 9.55 Å². The van der Waals surface area contributed by atoms with Gasteiger partial charge in [-0.15, -0.1) is 6.58 Å². The van der Waals surface area contributed by atoms with Gasteiger partial charge < -0.3 is 5.32 Å². The number of aromatic nitrogens is 2. The van der Waals surface area contributed by atoms with Crippen LogP contribution < -0.4 is 16.6 Å². The van der Waals surface area contributed by atoms with E-state index in [1.165, 1.54) is 12.1 Å². The number of hydrogen-bond acceptors (Lipinski definition) is 3. The second-order valence-corrected chi connectivity index (χ2v) is 3.72. The van der Waals surface area contributed by atoms with Crippen LogP contribution in [0.5, 0.6) is 0 Å². The quantitative estimate of drug-likeness (QED) is 0.799. The molecule has 0 unspecified atom stereocenters. The summed E-state index contributed by atoms with van der Waals surface area (Å²) in [5.74, 6) is 0.372. The molecule has 0 fully saturated rings. The highest BCUT2D eigenvalue weighted by Gasteiger charge is 2.02. The van der Waals surface area contributed by atoms with Crippen molar-refractivity contribution in [3.8, 4) is 0 Å². The predicted molar refractivity (Wildman–Crippen MR) is 71.2 cm³/mol. The minimum atomic E-state index is -0.458. The van der Waals surface area contributed by atoms with Gasteiger partial charge in [-0.1, -0.05) is 24.3 Å². The Labute approximate surface area is 103 Å². The Balaban J connectivity index is 2.34.